The average Bonchev–Trinajstić information content (AvgIpc) is 2.14. The van der Waals surface area contributed by atoms with Crippen molar-refractivity contribution in [2.75, 3.05) is 13.1 Å². The van der Waals surface area contributed by atoms with E-state index in [1.165, 1.54) is 0 Å². The first kappa shape index (κ1) is 11.7. The number of hydrogen-bond donors (Lipinski definition) is 1. The van der Waals surface area contributed by atoms with Crippen molar-refractivity contribution in [2.24, 2.45) is 4.99 Å². The van der Waals surface area contributed by atoms with Crippen molar-refractivity contribution in [3.05, 3.63) is 0 Å². The molecule has 0 aliphatic carbocycles. The van der Waals surface area contributed by atoms with Gasteiger partial charge in [0.2, 0.25) is 0 Å². The molecule has 0 unspecified atom stereocenters. The highest BCUT2D eigenvalue weighted by molar-refractivity contribution is 6.38. The fourth-order valence-electron chi connectivity index (χ4n) is 0.872. The Morgan fingerprint density at radius 3 is 2.69 bits per heavy atom. The lowest BCUT2D eigenvalue weighted by Gasteiger charge is -2.04. The van der Waals surface area contributed by atoms with Crippen LogP contribution in [0.4, 0.5) is 0 Å². The summed E-state index contributed by atoms with van der Waals surface area (Å²) in [5.74, 6) is 2.89. The van der Waals surface area contributed by atoms with E-state index in [0.29, 0.717) is 31.8 Å². The largest absolute Gasteiger partial charge is 0.368 e. The van der Waals surface area contributed by atoms with Gasteiger partial charge in [-0.1, -0.05) is 0 Å². The molecule has 0 aliphatic rings. The van der Waals surface area contributed by atoms with Gasteiger partial charge in [-0.3, -0.25) is 9.79 Å². The molecule has 0 aromatic heterocycles. The Hall–Kier alpha value is -1.30. The van der Waals surface area contributed by atoms with Crippen LogP contribution in [0, 0.1) is 12.3 Å². The van der Waals surface area contributed by atoms with E-state index in [9.17, 15) is 4.79 Å². The number of carbonyl (C=O) groups is 1. The van der Waals surface area contributed by atoms with Gasteiger partial charge < -0.3 is 5.32 Å². The molecule has 0 aromatic rings. The normalized spacial score (nSPS) is 10.7. The van der Waals surface area contributed by atoms with E-state index in [2.05, 4.69) is 16.2 Å². The molecule has 0 amide bonds. The van der Waals surface area contributed by atoms with Crippen LogP contribution < -0.4 is 5.32 Å². The molecular weight excluding hydrogens is 164 g/mol. The van der Waals surface area contributed by atoms with Crippen molar-refractivity contribution < 1.29 is 4.79 Å². The van der Waals surface area contributed by atoms with E-state index in [1.807, 2.05) is 13.8 Å². The summed E-state index contributed by atoms with van der Waals surface area (Å²) in [6.07, 6.45) is 5.92. The van der Waals surface area contributed by atoms with Gasteiger partial charge in [0.25, 0.3) is 0 Å². The van der Waals surface area contributed by atoms with Gasteiger partial charge in [-0.25, -0.2) is 0 Å². The maximum atomic E-state index is 11.4. The predicted molar refractivity (Wildman–Crippen MR) is 54.7 cm³/mol. The molecule has 0 fully saturated rings. The zero-order valence-corrected chi connectivity index (χ0v) is 8.26. The highest BCUT2D eigenvalue weighted by Gasteiger charge is 2.08. The molecule has 0 radical (unpaired) electrons. The molecule has 0 saturated heterocycles. The van der Waals surface area contributed by atoms with E-state index in [-0.39, 0.29) is 5.78 Å². The number of ketones is 1. The fourth-order valence-corrected chi connectivity index (χ4v) is 0.872. The van der Waals surface area contributed by atoms with Gasteiger partial charge in [-0.05, 0) is 13.8 Å². The number of Topliss-reactive ketones (excluding diaryl/α,β-unsaturated/α-hetero) is 1. The molecule has 3 heteroatoms. The van der Waals surface area contributed by atoms with E-state index in [4.69, 9.17) is 6.42 Å². The first-order valence-corrected chi connectivity index (χ1v) is 4.51. The molecule has 0 aliphatic heterocycles. The number of carbonyl (C=O) groups excluding carboxylic acids is 1. The summed E-state index contributed by atoms with van der Waals surface area (Å²) < 4.78 is 0. The topological polar surface area (TPSA) is 41.5 Å². The summed E-state index contributed by atoms with van der Waals surface area (Å²) in [7, 11) is 0. The molecule has 0 atom stereocenters. The SMILES string of the molecule is C#CCCC(=O)C(=NCC)NCC. The first-order valence-electron chi connectivity index (χ1n) is 4.51. The number of aliphatic imine (C=N–C) groups is 1. The van der Waals surface area contributed by atoms with E-state index in [0.717, 1.165) is 0 Å². The number of terminal acetylenes is 1. The Morgan fingerprint density at radius 2 is 2.23 bits per heavy atom. The first-order chi connectivity index (χ1) is 6.26. The van der Waals surface area contributed by atoms with Crippen LogP contribution in [0.25, 0.3) is 0 Å². The third kappa shape index (κ3) is 5.02. The molecule has 0 heterocycles. The fraction of sp³-hybridized carbons (Fsp3) is 0.600. The maximum absolute atomic E-state index is 11.4. The third-order valence-electron chi connectivity index (χ3n) is 1.42. The van der Waals surface area contributed by atoms with Gasteiger partial charge in [-0.15, -0.1) is 12.3 Å². The van der Waals surface area contributed by atoms with Gasteiger partial charge in [-0.2, -0.15) is 0 Å². The monoisotopic (exact) mass is 180 g/mol. The van der Waals surface area contributed by atoms with Crippen molar-refractivity contribution in [1.82, 2.24) is 5.32 Å². The number of likely N-dealkylation sites (N-methyl/N-ethyl adjacent to an activating group) is 1. The summed E-state index contributed by atoms with van der Waals surface area (Å²) in [5.41, 5.74) is 0. The van der Waals surface area contributed by atoms with Gasteiger partial charge in [0.05, 0.1) is 0 Å². The predicted octanol–water partition coefficient (Wildman–Crippen LogP) is 0.997. The zero-order chi connectivity index (χ0) is 10.1. The molecule has 0 bridgehead atoms. The second-order valence-electron chi connectivity index (χ2n) is 2.48. The number of rotatable bonds is 5. The Labute approximate surface area is 79.6 Å². The Morgan fingerprint density at radius 1 is 1.54 bits per heavy atom. The number of nitrogens with zero attached hydrogens (tertiary/aromatic N) is 1. The molecule has 0 aromatic carbocycles. The van der Waals surface area contributed by atoms with Gasteiger partial charge in [0.1, 0.15) is 0 Å². The lowest BCUT2D eigenvalue weighted by atomic mass is 10.2. The zero-order valence-electron chi connectivity index (χ0n) is 8.26. The summed E-state index contributed by atoms with van der Waals surface area (Å²) in [5, 5.41) is 2.92. The van der Waals surface area contributed by atoms with E-state index < -0.39 is 0 Å². The van der Waals surface area contributed by atoms with E-state index >= 15 is 0 Å². The molecule has 0 rings (SSSR count). The molecular formula is C10H16N2O. The summed E-state index contributed by atoms with van der Waals surface area (Å²) in [6, 6.07) is 0. The Bertz CT molecular complexity index is 226. The van der Waals surface area contributed by atoms with Gasteiger partial charge in [0.15, 0.2) is 11.6 Å². The van der Waals surface area contributed by atoms with Crippen molar-refractivity contribution >= 4 is 11.6 Å². The second-order valence-corrected chi connectivity index (χ2v) is 2.48. The number of nitrogens with one attached hydrogen (secondary N) is 1. The van der Waals surface area contributed by atoms with Crippen LogP contribution >= 0.6 is 0 Å². The lowest BCUT2D eigenvalue weighted by Crippen LogP contribution is -2.31. The smallest absolute Gasteiger partial charge is 0.198 e. The molecule has 72 valence electrons. The summed E-state index contributed by atoms with van der Waals surface area (Å²) in [6.45, 7) is 5.15. The maximum Gasteiger partial charge on any atom is 0.198 e. The van der Waals surface area contributed by atoms with Gasteiger partial charge >= 0.3 is 0 Å². The molecule has 1 N–H and O–H groups in total. The molecule has 3 nitrogen and oxygen atoms in total. The standard InChI is InChI=1S/C10H16N2O/c1-4-7-8-9(13)10(11-5-2)12-6-3/h1H,5-8H2,2-3H3,(H,11,12). The minimum atomic E-state index is 0.00153. The van der Waals surface area contributed by atoms with Crippen LogP contribution in [-0.2, 0) is 4.79 Å². The number of amidine groups is 1. The van der Waals surface area contributed by atoms with Crippen LogP contribution in [0.5, 0.6) is 0 Å². The van der Waals surface area contributed by atoms with Crippen LogP contribution in [0.3, 0.4) is 0 Å². The minimum Gasteiger partial charge on any atom is -0.368 e. The van der Waals surface area contributed by atoms with Crippen molar-refractivity contribution in [1.29, 1.82) is 0 Å². The second kappa shape index (κ2) is 7.35. The van der Waals surface area contributed by atoms with Crippen LogP contribution in [0.2, 0.25) is 0 Å². The quantitative estimate of drug-likeness (QED) is 0.389. The van der Waals surface area contributed by atoms with Crippen molar-refractivity contribution in [2.45, 2.75) is 26.7 Å². The van der Waals surface area contributed by atoms with Crippen LogP contribution in [0.15, 0.2) is 4.99 Å². The number of hydrogen-bond acceptors (Lipinski definition) is 2. The highest BCUT2D eigenvalue weighted by atomic mass is 16.1. The lowest BCUT2D eigenvalue weighted by molar-refractivity contribution is -0.113. The van der Waals surface area contributed by atoms with Crippen LogP contribution in [-0.4, -0.2) is 24.7 Å². The summed E-state index contributed by atoms with van der Waals surface area (Å²) in [4.78, 5) is 15.4. The average molecular weight is 180 g/mol. The molecule has 0 saturated carbocycles. The van der Waals surface area contributed by atoms with Crippen LogP contribution in [0.1, 0.15) is 26.7 Å². The minimum absolute atomic E-state index is 0.00153. The molecule has 0 spiro atoms. The third-order valence-corrected chi connectivity index (χ3v) is 1.42. The van der Waals surface area contributed by atoms with Crippen molar-refractivity contribution in [3.8, 4) is 12.3 Å². The summed E-state index contributed by atoms with van der Waals surface area (Å²) >= 11 is 0. The highest BCUT2D eigenvalue weighted by Crippen LogP contribution is 1.91. The van der Waals surface area contributed by atoms with Crippen molar-refractivity contribution in [3.63, 3.8) is 0 Å². The van der Waals surface area contributed by atoms with Gasteiger partial charge in [0, 0.05) is 25.9 Å². The van der Waals surface area contributed by atoms with E-state index in [1.54, 1.807) is 0 Å². The molecule has 13 heavy (non-hydrogen) atoms. The Kier molecular flexibility index (Phi) is 6.62. The Balaban J connectivity index is 4.13.